The molecule has 8 nitrogen and oxygen atoms in total. The summed E-state index contributed by atoms with van der Waals surface area (Å²) < 4.78 is 1.73. The highest BCUT2D eigenvalue weighted by atomic mass is 35.5. The van der Waals surface area contributed by atoms with Crippen LogP contribution in [-0.2, 0) is 6.54 Å². The van der Waals surface area contributed by atoms with E-state index in [2.05, 4.69) is 21.8 Å². The number of fused-ring (bicyclic) bond motifs is 1. The number of nitrogens with zero attached hydrogens (tertiary/aromatic N) is 4. The van der Waals surface area contributed by atoms with Crippen LogP contribution in [0.15, 0.2) is 48.5 Å². The van der Waals surface area contributed by atoms with Crippen molar-refractivity contribution in [2.45, 2.75) is 19.5 Å². The van der Waals surface area contributed by atoms with E-state index in [1.165, 1.54) is 7.05 Å². The third kappa shape index (κ3) is 4.15. The van der Waals surface area contributed by atoms with Gasteiger partial charge in [-0.3, -0.25) is 9.48 Å². The van der Waals surface area contributed by atoms with Crippen molar-refractivity contribution >= 4 is 29.2 Å². The number of carbonyl (C=O) groups is 2. The van der Waals surface area contributed by atoms with Crippen molar-refractivity contribution in [3.8, 4) is 17.3 Å². The molecule has 2 N–H and O–H groups in total. The molecule has 0 unspecified atom stereocenters. The van der Waals surface area contributed by atoms with E-state index in [0.717, 1.165) is 5.56 Å². The molecule has 0 aliphatic carbocycles. The molecule has 2 aromatic carbocycles. The normalized spacial score (nSPS) is 15.1. The van der Waals surface area contributed by atoms with Crippen molar-refractivity contribution in [2.24, 2.45) is 0 Å². The Bertz CT molecular complexity index is 1230. The van der Waals surface area contributed by atoms with Crippen molar-refractivity contribution < 1.29 is 9.59 Å². The average molecular weight is 449 g/mol. The summed E-state index contributed by atoms with van der Waals surface area (Å²) in [5.74, 6) is -0.124. The predicted octanol–water partition coefficient (Wildman–Crippen LogP) is 4.04. The molecule has 0 bridgehead atoms. The number of amides is 3. The van der Waals surface area contributed by atoms with Crippen molar-refractivity contribution in [3.63, 3.8) is 0 Å². The van der Waals surface area contributed by atoms with E-state index >= 15 is 0 Å². The maximum Gasteiger partial charge on any atom is 0.318 e. The fourth-order valence-electron chi connectivity index (χ4n) is 3.73. The number of hydrogen-bond donors (Lipinski definition) is 2. The second kappa shape index (κ2) is 8.73. The highest BCUT2D eigenvalue weighted by Crippen LogP contribution is 2.33. The Morgan fingerprint density at radius 1 is 1.25 bits per heavy atom. The lowest BCUT2D eigenvalue weighted by Gasteiger charge is -2.31. The van der Waals surface area contributed by atoms with Crippen molar-refractivity contribution in [1.29, 1.82) is 5.26 Å². The maximum atomic E-state index is 13.2. The molecule has 2 heterocycles. The molecule has 0 saturated heterocycles. The molecule has 0 fully saturated rings. The van der Waals surface area contributed by atoms with Gasteiger partial charge in [-0.15, -0.1) is 0 Å². The third-order valence-electron chi connectivity index (χ3n) is 5.33. The Balaban J connectivity index is 1.64. The summed E-state index contributed by atoms with van der Waals surface area (Å²) in [7, 11) is 1.53. The van der Waals surface area contributed by atoms with Gasteiger partial charge in [0.05, 0.1) is 29.1 Å². The Kier molecular flexibility index (Phi) is 5.84. The van der Waals surface area contributed by atoms with Crippen LogP contribution in [0.3, 0.4) is 0 Å². The van der Waals surface area contributed by atoms with Crippen molar-refractivity contribution in [1.82, 2.24) is 20.0 Å². The zero-order chi connectivity index (χ0) is 22.8. The van der Waals surface area contributed by atoms with Crippen LogP contribution in [0.25, 0.3) is 11.3 Å². The van der Waals surface area contributed by atoms with Crippen LogP contribution in [0, 0.1) is 11.3 Å². The Morgan fingerprint density at radius 2 is 2.00 bits per heavy atom. The second-order valence-electron chi connectivity index (χ2n) is 7.60. The largest absolute Gasteiger partial charge is 0.341 e. The number of urea groups is 1. The molecule has 9 heteroatoms. The van der Waals surface area contributed by atoms with Crippen LogP contribution >= 0.6 is 11.6 Å². The van der Waals surface area contributed by atoms with Crippen LogP contribution in [0.4, 0.5) is 10.5 Å². The first-order valence-corrected chi connectivity index (χ1v) is 10.4. The predicted molar refractivity (Wildman–Crippen MR) is 121 cm³/mol. The highest BCUT2D eigenvalue weighted by molar-refractivity contribution is 6.31. The van der Waals surface area contributed by atoms with E-state index in [0.29, 0.717) is 46.3 Å². The van der Waals surface area contributed by atoms with Crippen LogP contribution < -0.4 is 10.6 Å². The summed E-state index contributed by atoms with van der Waals surface area (Å²) in [6, 6.07) is 15.8. The van der Waals surface area contributed by atoms with E-state index in [1.807, 2.05) is 19.1 Å². The number of anilines is 1. The SMILES string of the molecule is CNC(=O)Nc1cc(Cl)ccc1-c1cc2n(n1)[C@@H](C)CN(Cc1ccc(C#N)cc1)C2=O. The van der Waals surface area contributed by atoms with Gasteiger partial charge in [0, 0.05) is 30.7 Å². The summed E-state index contributed by atoms with van der Waals surface area (Å²) in [5, 5.41) is 19.4. The number of nitriles is 1. The van der Waals surface area contributed by atoms with Gasteiger partial charge in [-0.05, 0) is 48.9 Å². The van der Waals surface area contributed by atoms with Gasteiger partial charge >= 0.3 is 6.03 Å². The number of halogens is 1. The molecule has 32 heavy (non-hydrogen) atoms. The Hall–Kier alpha value is -3.83. The van der Waals surface area contributed by atoms with Gasteiger partial charge < -0.3 is 15.5 Å². The number of rotatable bonds is 4. The van der Waals surface area contributed by atoms with Gasteiger partial charge in [0.15, 0.2) is 0 Å². The molecule has 162 valence electrons. The minimum atomic E-state index is -0.379. The first-order chi connectivity index (χ1) is 15.4. The molecule has 0 spiro atoms. The molecular formula is C23H21ClN6O2. The lowest BCUT2D eigenvalue weighted by Crippen LogP contribution is -2.41. The zero-order valence-electron chi connectivity index (χ0n) is 17.6. The van der Waals surface area contributed by atoms with E-state index in [1.54, 1.807) is 46.0 Å². The molecular weight excluding hydrogens is 428 g/mol. The average Bonchev–Trinajstić information content (AvgIpc) is 3.24. The Morgan fingerprint density at radius 3 is 2.69 bits per heavy atom. The monoisotopic (exact) mass is 448 g/mol. The number of benzene rings is 2. The molecule has 0 radical (unpaired) electrons. The van der Waals surface area contributed by atoms with Gasteiger partial charge in [-0.2, -0.15) is 10.4 Å². The van der Waals surface area contributed by atoms with Crippen LogP contribution in [-0.4, -0.2) is 40.2 Å². The number of hydrogen-bond acceptors (Lipinski definition) is 4. The van der Waals surface area contributed by atoms with E-state index in [-0.39, 0.29) is 18.0 Å². The van der Waals surface area contributed by atoms with E-state index in [9.17, 15) is 9.59 Å². The van der Waals surface area contributed by atoms with Gasteiger partial charge in [-0.1, -0.05) is 23.7 Å². The summed E-state index contributed by atoms with van der Waals surface area (Å²) in [6.07, 6.45) is 0. The van der Waals surface area contributed by atoms with Crippen molar-refractivity contribution in [2.75, 3.05) is 18.9 Å². The van der Waals surface area contributed by atoms with Crippen LogP contribution in [0.1, 0.15) is 34.6 Å². The minimum Gasteiger partial charge on any atom is -0.341 e. The topological polar surface area (TPSA) is 103 Å². The molecule has 4 rings (SSSR count). The Labute approximate surface area is 190 Å². The molecule has 1 aliphatic heterocycles. The minimum absolute atomic E-state index is 0.0301. The van der Waals surface area contributed by atoms with Gasteiger partial charge in [0.1, 0.15) is 5.69 Å². The number of aromatic nitrogens is 2. The molecule has 1 aromatic heterocycles. The van der Waals surface area contributed by atoms with Gasteiger partial charge in [-0.25, -0.2) is 4.79 Å². The first kappa shape index (κ1) is 21.4. The molecule has 1 aliphatic rings. The zero-order valence-corrected chi connectivity index (χ0v) is 18.3. The molecule has 1 atom stereocenters. The lowest BCUT2D eigenvalue weighted by atomic mass is 10.1. The molecule has 3 aromatic rings. The van der Waals surface area contributed by atoms with E-state index in [4.69, 9.17) is 16.9 Å². The molecule has 3 amide bonds. The van der Waals surface area contributed by atoms with E-state index < -0.39 is 0 Å². The fourth-order valence-corrected chi connectivity index (χ4v) is 3.90. The third-order valence-corrected chi connectivity index (χ3v) is 5.57. The maximum absolute atomic E-state index is 13.2. The number of carbonyl (C=O) groups excluding carboxylic acids is 2. The molecule has 0 saturated carbocycles. The summed E-state index contributed by atoms with van der Waals surface area (Å²) in [5.41, 5.74) is 3.75. The fraction of sp³-hybridized carbons (Fsp3) is 0.217. The smallest absolute Gasteiger partial charge is 0.318 e. The first-order valence-electron chi connectivity index (χ1n) is 10.1. The van der Waals surface area contributed by atoms with Gasteiger partial charge in [0.2, 0.25) is 0 Å². The van der Waals surface area contributed by atoms with Crippen molar-refractivity contribution in [3.05, 3.63) is 70.4 Å². The summed E-state index contributed by atoms with van der Waals surface area (Å²) in [6.45, 7) is 2.96. The lowest BCUT2D eigenvalue weighted by molar-refractivity contribution is 0.0651. The highest BCUT2D eigenvalue weighted by Gasteiger charge is 2.31. The van der Waals surface area contributed by atoms with Crippen LogP contribution in [0.2, 0.25) is 5.02 Å². The second-order valence-corrected chi connectivity index (χ2v) is 8.03. The summed E-state index contributed by atoms with van der Waals surface area (Å²) >= 11 is 6.12. The summed E-state index contributed by atoms with van der Waals surface area (Å²) in [4.78, 5) is 26.8. The number of nitrogens with one attached hydrogen (secondary N) is 2. The van der Waals surface area contributed by atoms with Crippen LogP contribution in [0.5, 0.6) is 0 Å². The van der Waals surface area contributed by atoms with Gasteiger partial charge in [0.25, 0.3) is 5.91 Å². The quantitative estimate of drug-likeness (QED) is 0.628. The standard InChI is InChI=1S/C23H21ClN6O2/c1-14-12-29(13-16-5-3-15(11-25)4-6-16)22(31)21-10-20(28-30(14)21)18-8-7-17(24)9-19(18)27-23(32)26-2/h3-10,14H,12-13H2,1-2H3,(H2,26,27,32)/t14-/m0/s1.